The van der Waals surface area contributed by atoms with Crippen LogP contribution < -0.4 is 0 Å². The van der Waals surface area contributed by atoms with Crippen LogP contribution in [0.25, 0.3) is 5.57 Å². The minimum absolute atomic E-state index is 0.685. The second kappa shape index (κ2) is 3.46. The summed E-state index contributed by atoms with van der Waals surface area (Å²) in [5.41, 5.74) is 1.29. The van der Waals surface area contributed by atoms with Gasteiger partial charge in [0, 0.05) is 16.6 Å². The lowest BCUT2D eigenvalue weighted by atomic mass is 9.99. The quantitative estimate of drug-likeness (QED) is 0.662. The molecular weight excluding hydrogens is 178 g/mol. The summed E-state index contributed by atoms with van der Waals surface area (Å²) >= 11 is 1.76. The van der Waals surface area contributed by atoms with Gasteiger partial charge in [0.2, 0.25) is 0 Å². The molecule has 0 bridgehead atoms. The van der Waals surface area contributed by atoms with Gasteiger partial charge in [0.1, 0.15) is 5.01 Å². The molecule has 0 fully saturated rings. The molecule has 0 radical (unpaired) electrons. The fourth-order valence-electron chi connectivity index (χ4n) is 1.37. The number of rotatable bonds is 1. The molecule has 1 atom stereocenters. The number of hydrogen-bond acceptors (Lipinski definition) is 2. The van der Waals surface area contributed by atoms with E-state index < -0.39 is 0 Å². The van der Waals surface area contributed by atoms with Crippen molar-refractivity contribution in [2.75, 3.05) is 0 Å². The van der Waals surface area contributed by atoms with Crippen LogP contribution in [0, 0.1) is 12.8 Å². The molecule has 1 aromatic rings. The van der Waals surface area contributed by atoms with E-state index >= 15 is 0 Å². The maximum absolute atomic E-state index is 4.36. The van der Waals surface area contributed by atoms with E-state index in [1.807, 2.05) is 6.20 Å². The fourth-order valence-corrected chi connectivity index (χ4v) is 2.16. The minimum atomic E-state index is 0.685. The Morgan fingerprint density at radius 3 is 2.92 bits per heavy atom. The Morgan fingerprint density at radius 2 is 2.38 bits per heavy atom. The maximum Gasteiger partial charge on any atom is 0.123 e. The first-order valence-electron chi connectivity index (χ1n) is 4.57. The van der Waals surface area contributed by atoms with Gasteiger partial charge in [-0.25, -0.2) is 4.98 Å². The van der Waals surface area contributed by atoms with Crippen LogP contribution in [0.15, 0.2) is 24.4 Å². The largest absolute Gasteiger partial charge is 0.244 e. The van der Waals surface area contributed by atoms with E-state index in [9.17, 15) is 0 Å². The highest BCUT2D eigenvalue weighted by atomic mass is 32.1. The van der Waals surface area contributed by atoms with Gasteiger partial charge in [0.25, 0.3) is 0 Å². The zero-order valence-corrected chi connectivity index (χ0v) is 8.77. The predicted octanol–water partition coefficient (Wildman–Crippen LogP) is 3.43. The van der Waals surface area contributed by atoms with E-state index in [0.717, 1.165) is 11.4 Å². The van der Waals surface area contributed by atoms with E-state index in [4.69, 9.17) is 0 Å². The molecule has 0 saturated carbocycles. The molecule has 2 rings (SSSR count). The van der Waals surface area contributed by atoms with Gasteiger partial charge < -0.3 is 0 Å². The summed E-state index contributed by atoms with van der Waals surface area (Å²) in [6.07, 6.45) is 9.80. The molecule has 0 N–H and O–H groups in total. The third-order valence-corrected chi connectivity index (χ3v) is 3.14. The van der Waals surface area contributed by atoms with Crippen LogP contribution in [-0.4, -0.2) is 4.98 Å². The molecule has 13 heavy (non-hydrogen) atoms. The lowest BCUT2D eigenvalue weighted by molar-refractivity contribution is 0.739. The minimum Gasteiger partial charge on any atom is -0.244 e. The van der Waals surface area contributed by atoms with Crippen LogP contribution in [0.1, 0.15) is 23.2 Å². The highest BCUT2D eigenvalue weighted by Crippen LogP contribution is 2.26. The zero-order valence-electron chi connectivity index (χ0n) is 7.95. The summed E-state index contributed by atoms with van der Waals surface area (Å²) in [5.74, 6) is 0.685. The third-order valence-electron chi connectivity index (χ3n) is 2.18. The van der Waals surface area contributed by atoms with E-state index in [1.165, 1.54) is 10.5 Å². The number of allylic oxidation sites excluding steroid dienone is 4. The highest BCUT2D eigenvalue weighted by molar-refractivity contribution is 7.12. The summed E-state index contributed by atoms with van der Waals surface area (Å²) in [5, 5.41) is 1.15. The van der Waals surface area contributed by atoms with Crippen LogP contribution in [0.2, 0.25) is 0 Å². The molecule has 68 valence electrons. The van der Waals surface area contributed by atoms with Gasteiger partial charge in [0.05, 0.1) is 0 Å². The summed E-state index contributed by atoms with van der Waals surface area (Å²) in [7, 11) is 0. The third kappa shape index (κ3) is 1.89. The molecule has 0 amide bonds. The molecule has 1 nitrogen and oxygen atoms in total. The first-order valence-corrected chi connectivity index (χ1v) is 5.38. The van der Waals surface area contributed by atoms with Gasteiger partial charge in [-0.1, -0.05) is 25.2 Å². The van der Waals surface area contributed by atoms with Crippen molar-refractivity contribution >= 4 is 16.9 Å². The smallest absolute Gasteiger partial charge is 0.123 e. The fraction of sp³-hybridized carbons (Fsp3) is 0.364. The molecule has 0 aromatic carbocycles. The van der Waals surface area contributed by atoms with Crippen molar-refractivity contribution in [1.82, 2.24) is 4.98 Å². The zero-order chi connectivity index (χ0) is 9.26. The van der Waals surface area contributed by atoms with E-state index in [-0.39, 0.29) is 0 Å². The summed E-state index contributed by atoms with van der Waals surface area (Å²) in [6, 6.07) is 0. The molecule has 2 heteroatoms. The topological polar surface area (TPSA) is 12.9 Å². The van der Waals surface area contributed by atoms with Gasteiger partial charge in [-0.15, -0.1) is 11.3 Å². The van der Waals surface area contributed by atoms with E-state index in [1.54, 1.807) is 11.3 Å². The second-order valence-electron chi connectivity index (χ2n) is 3.51. The Hall–Kier alpha value is -0.890. The van der Waals surface area contributed by atoms with Crippen LogP contribution in [-0.2, 0) is 0 Å². The molecule has 0 spiro atoms. The summed E-state index contributed by atoms with van der Waals surface area (Å²) in [6.45, 7) is 4.33. The number of hydrogen-bond donors (Lipinski definition) is 0. The maximum atomic E-state index is 4.36. The first kappa shape index (κ1) is 8.70. The predicted molar refractivity (Wildman–Crippen MR) is 57.7 cm³/mol. The monoisotopic (exact) mass is 191 g/mol. The SMILES string of the molecule is Cc1cnc(C2=CCC(C)C=C2)s1. The van der Waals surface area contributed by atoms with Crippen molar-refractivity contribution in [3.8, 4) is 0 Å². The van der Waals surface area contributed by atoms with Crippen molar-refractivity contribution in [2.24, 2.45) is 5.92 Å². The summed E-state index contributed by atoms with van der Waals surface area (Å²) in [4.78, 5) is 5.64. The van der Waals surface area contributed by atoms with E-state index in [0.29, 0.717) is 5.92 Å². The van der Waals surface area contributed by atoms with E-state index in [2.05, 4.69) is 37.1 Å². The average Bonchev–Trinajstić information content (AvgIpc) is 2.53. The van der Waals surface area contributed by atoms with Crippen LogP contribution in [0.4, 0.5) is 0 Å². The first-order chi connectivity index (χ1) is 6.25. The Kier molecular flexibility index (Phi) is 2.32. The summed E-state index contributed by atoms with van der Waals surface area (Å²) < 4.78 is 0. The Labute approximate surface area is 82.8 Å². The molecule has 0 aliphatic heterocycles. The molecule has 1 aliphatic carbocycles. The van der Waals surface area contributed by atoms with Crippen molar-refractivity contribution in [3.05, 3.63) is 34.3 Å². The molecule has 1 heterocycles. The number of aryl methyl sites for hydroxylation is 1. The van der Waals surface area contributed by atoms with Crippen molar-refractivity contribution < 1.29 is 0 Å². The second-order valence-corrected chi connectivity index (χ2v) is 4.74. The van der Waals surface area contributed by atoms with Gasteiger partial charge in [-0.2, -0.15) is 0 Å². The Balaban J connectivity index is 2.24. The molecule has 1 aromatic heterocycles. The average molecular weight is 191 g/mol. The normalized spacial score (nSPS) is 21.7. The lowest BCUT2D eigenvalue weighted by Gasteiger charge is -2.09. The Bertz CT molecular complexity index is 360. The number of nitrogens with zero attached hydrogens (tertiary/aromatic N) is 1. The van der Waals surface area contributed by atoms with Crippen LogP contribution in [0.5, 0.6) is 0 Å². The lowest BCUT2D eigenvalue weighted by Crippen LogP contribution is -1.93. The molecule has 1 aliphatic rings. The molecular formula is C11H13NS. The number of aromatic nitrogens is 1. The van der Waals surface area contributed by atoms with Crippen molar-refractivity contribution in [1.29, 1.82) is 0 Å². The van der Waals surface area contributed by atoms with Crippen LogP contribution >= 0.6 is 11.3 Å². The van der Waals surface area contributed by atoms with Gasteiger partial charge in [-0.05, 0) is 19.3 Å². The van der Waals surface area contributed by atoms with Gasteiger partial charge in [0.15, 0.2) is 0 Å². The highest BCUT2D eigenvalue weighted by Gasteiger charge is 2.07. The standard InChI is InChI=1S/C11H13NS/c1-8-3-5-10(6-4-8)11-12-7-9(2)13-11/h3,5-8H,4H2,1-2H3. The Morgan fingerprint density at radius 1 is 1.54 bits per heavy atom. The van der Waals surface area contributed by atoms with Gasteiger partial charge >= 0.3 is 0 Å². The van der Waals surface area contributed by atoms with Crippen molar-refractivity contribution in [2.45, 2.75) is 20.3 Å². The van der Waals surface area contributed by atoms with Crippen LogP contribution in [0.3, 0.4) is 0 Å². The molecule has 0 saturated heterocycles. The molecule has 1 unspecified atom stereocenters. The van der Waals surface area contributed by atoms with Gasteiger partial charge in [-0.3, -0.25) is 0 Å². The van der Waals surface area contributed by atoms with Crippen molar-refractivity contribution in [3.63, 3.8) is 0 Å². The number of thiazole rings is 1.